The van der Waals surface area contributed by atoms with E-state index in [0.717, 1.165) is 5.56 Å². The lowest BCUT2D eigenvalue weighted by molar-refractivity contribution is -0.114. The van der Waals surface area contributed by atoms with Crippen LogP contribution in [0.3, 0.4) is 0 Å². The topological polar surface area (TPSA) is 71.1 Å². The molecular weight excluding hydrogens is 290 g/mol. The maximum Gasteiger partial charge on any atom is 0.274 e. The van der Waals surface area contributed by atoms with E-state index in [1.807, 2.05) is 6.92 Å². The minimum atomic E-state index is -0.343. The molecule has 108 valence electrons. The van der Waals surface area contributed by atoms with Gasteiger partial charge in [0.1, 0.15) is 10.8 Å². The van der Waals surface area contributed by atoms with Crippen molar-refractivity contribution >= 4 is 34.8 Å². The average Bonchev–Trinajstić information content (AvgIpc) is 2.41. The lowest BCUT2D eigenvalue weighted by atomic mass is 10.1. The second kappa shape index (κ2) is 6.37. The van der Waals surface area contributed by atoms with Crippen molar-refractivity contribution in [2.75, 3.05) is 10.6 Å². The van der Waals surface area contributed by atoms with Crippen LogP contribution in [0.25, 0.3) is 0 Å². The van der Waals surface area contributed by atoms with E-state index in [1.54, 1.807) is 36.4 Å². The third-order valence-electron chi connectivity index (χ3n) is 2.74. The third-order valence-corrected chi connectivity index (χ3v) is 2.95. The van der Waals surface area contributed by atoms with Gasteiger partial charge < -0.3 is 10.6 Å². The molecule has 0 bridgehead atoms. The molecule has 1 heterocycles. The van der Waals surface area contributed by atoms with Gasteiger partial charge in [0, 0.05) is 18.3 Å². The van der Waals surface area contributed by atoms with E-state index in [4.69, 9.17) is 11.6 Å². The molecule has 0 saturated carbocycles. The van der Waals surface area contributed by atoms with Crippen LogP contribution in [0.15, 0.2) is 36.4 Å². The zero-order valence-corrected chi connectivity index (χ0v) is 12.4. The minimum absolute atomic E-state index is 0.141. The monoisotopic (exact) mass is 303 g/mol. The van der Waals surface area contributed by atoms with Crippen LogP contribution in [0, 0.1) is 6.92 Å². The lowest BCUT2D eigenvalue weighted by Gasteiger charge is -2.10. The fourth-order valence-electron chi connectivity index (χ4n) is 1.80. The Balaban J connectivity index is 2.15. The molecule has 0 aliphatic rings. The Morgan fingerprint density at radius 1 is 1.14 bits per heavy atom. The van der Waals surface area contributed by atoms with E-state index >= 15 is 0 Å². The lowest BCUT2D eigenvalue weighted by Crippen LogP contribution is -2.14. The van der Waals surface area contributed by atoms with Crippen LogP contribution < -0.4 is 10.6 Å². The SMILES string of the molecule is CC(=O)Nc1ccc(NC(=O)c2cccc(Cl)n2)cc1C. The number of anilines is 2. The highest BCUT2D eigenvalue weighted by Gasteiger charge is 2.09. The van der Waals surface area contributed by atoms with Gasteiger partial charge in [0.05, 0.1) is 0 Å². The predicted octanol–water partition coefficient (Wildman–Crippen LogP) is 3.25. The molecule has 2 amide bonds. The summed E-state index contributed by atoms with van der Waals surface area (Å²) in [5.41, 5.74) is 2.42. The van der Waals surface area contributed by atoms with Crippen molar-refractivity contribution < 1.29 is 9.59 Å². The van der Waals surface area contributed by atoms with Gasteiger partial charge in [-0.25, -0.2) is 4.98 Å². The minimum Gasteiger partial charge on any atom is -0.326 e. The molecule has 0 aliphatic heterocycles. The first-order chi connectivity index (χ1) is 9.95. The number of hydrogen-bond acceptors (Lipinski definition) is 3. The van der Waals surface area contributed by atoms with Gasteiger partial charge in [-0.05, 0) is 42.8 Å². The summed E-state index contributed by atoms with van der Waals surface area (Å²) in [5.74, 6) is -0.484. The fraction of sp³-hybridized carbons (Fsp3) is 0.133. The summed E-state index contributed by atoms with van der Waals surface area (Å²) >= 11 is 5.76. The second-order valence-corrected chi connectivity index (χ2v) is 4.90. The van der Waals surface area contributed by atoms with Gasteiger partial charge in [-0.1, -0.05) is 17.7 Å². The Bertz CT molecular complexity index is 701. The number of rotatable bonds is 3. The van der Waals surface area contributed by atoms with Crippen molar-refractivity contribution in [1.29, 1.82) is 0 Å². The van der Waals surface area contributed by atoms with Gasteiger partial charge in [-0.2, -0.15) is 0 Å². The van der Waals surface area contributed by atoms with E-state index in [2.05, 4.69) is 15.6 Å². The normalized spacial score (nSPS) is 10.0. The standard InChI is InChI=1S/C15H14ClN3O2/c1-9-8-11(6-7-12(9)17-10(2)20)18-15(21)13-4-3-5-14(16)19-13/h3-8H,1-2H3,(H,17,20)(H,18,21). The predicted molar refractivity (Wildman–Crippen MR) is 82.7 cm³/mol. The molecule has 0 fully saturated rings. The molecule has 1 aromatic heterocycles. The summed E-state index contributed by atoms with van der Waals surface area (Å²) in [7, 11) is 0. The van der Waals surface area contributed by atoms with Crippen molar-refractivity contribution in [3.8, 4) is 0 Å². The van der Waals surface area contributed by atoms with Crippen LogP contribution in [-0.4, -0.2) is 16.8 Å². The Morgan fingerprint density at radius 2 is 1.90 bits per heavy atom. The van der Waals surface area contributed by atoms with Gasteiger partial charge in [0.25, 0.3) is 5.91 Å². The zero-order valence-electron chi connectivity index (χ0n) is 11.6. The van der Waals surface area contributed by atoms with Crippen LogP contribution in [0.1, 0.15) is 23.0 Å². The molecule has 21 heavy (non-hydrogen) atoms. The van der Waals surface area contributed by atoms with Gasteiger partial charge in [-0.3, -0.25) is 9.59 Å². The van der Waals surface area contributed by atoms with E-state index in [9.17, 15) is 9.59 Å². The van der Waals surface area contributed by atoms with E-state index < -0.39 is 0 Å². The van der Waals surface area contributed by atoms with E-state index in [-0.39, 0.29) is 22.7 Å². The van der Waals surface area contributed by atoms with Crippen molar-refractivity contribution in [2.45, 2.75) is 13.8 Å². The van der Waals surface area contributed by atoms with Crippen LogP contribution in [-0.2, 0) is 4.79 Å². The van der Waals surface area contributed by atoms with Crippen LogP contribution in [0.2, 0.25) is 5.15 Å². The summed E-state index contributed by atoms with van der Waals surface area (Å²) < 4.78 is 0. The number of benzene rings is 1. The number of nitrogens with one attached hydrogen (secondary N) is 2. The molecule has 0 radical (unpaired) electrons. The fourth-order valence-corrected chi connectivity index (χ4v) is 1.96. The average molecular weight is 304 g/mol. The van der Waals surface area contributed by atoms with Gasteiger partial charge >= 0.3 is 0 Å². The molecular formula is C15H14ClN3O2. The first kappa shape index (κ1) is 15.0. The van der Waals surface area contributed by atoms with Crippen LogP contribution in [0.5, 0.6) is 0 Å². The first-order valence-electron chi connectivity index (χ1n) is 6.28. The van der Waals surface area contributed by atoms with E-state index in [0.29, 0.717) is 11.4 Å². The van der Waals surface area contributed by atoms with Crippen molar-refractivity contribution in [3.05, 3.63) is 52.8 Å². The Hall–Kier alpha value is -2.40. The molecule has 1 aromatic carbocycles. The maximum absolute atomic E-state index is 12.0. The number of amides is 2. The van der Waals surface area contributed by atoms with Crippen molar-refractivity contribution in [3.63, 3.8) is 0 Å². The molecule has 2 N–H and O–H groups in total. The third kappa shape index (κ3) is 4.03. The second-order valence-electron chi connectivity index (χ2n) is 4.51. The number of carbonyl (C=O) groups is 2. The van der Waals surface area contributed by atoms with Crippen LogP contribution in [0.4, 0.5) is 11.4 Å². The smallest absolute Gasteiger partial charge is 0.274 e. The highest BCUT2D eigenvalue weighted by Crippen LogP contribution is 2.20. The number of nitrogens with zero attached hydrogens (tertiary/aromatic N) is 1. The Morgan fingerprint density at radius 3 is 2.52 bits per heavy atom. The zero-order chi connectivity index (χ0) is 15.4. The summed E-state index contributed by atoms with van der Waals surface area (Å²) in [6.45, 7) is 3.29. The number of carbonyl (C=O) groups excluding carboxylic acids is 2. The van der Waals surface area contributed by atoms with Gasteiger partial charge in [-0.15, -0.1) is 0 Å². The molecule has 0 saturated heterocycles. The molecule has 0 unspecified atom stereocenters. The van der Waals surface area contributed by atoms with Gasteiger partial charge in [0.2, 0.25) is 5.91 Å². The highest BCUT2D eigenvalue weighted by atomic mass is 35.5. The number of pyridine rings is 1. The highest BCUT2D eigenvalue weighted by molar-refractivity contribution is 6.29. The first-order valence-corrected chi connectivity index (χ1v) is 6.65. The number of aryl methyl sites for hydroxylation is 1. The summed E-state index contributed by atoms with van der Waals surface area (Å²) in [6, 6.07) is 10.1. The number of aromatic nitrogens is 1. The molecule has 0 spiro atoms. The summed E-state index contributed by atoms with van der Waals surface area (Å²) in [5, 5.41) is 5.71. The molecule has 0 aliphatic carbocycles. The summed E-state index contributed by atoms with van der Waals surface area (Å²) in [6.07, 6.45) is 0. The van der Waals surface area contributed by atoms with Crippen molar-refractivity contribution in [2.24, 2.45) is 0 Å². The Kier molecular flexibility index (Phi) is 4.55. The van der Waals surface area contributed by atoms with Crippen LogP contribution >= 0.6 is 11.6 Å². The van der Waals surface area contributed by atoms with E-state index in [1.165, 1.54) is 6.92 Å². The Labute approximate surface area is 127 Å². The number of hydrogen-bond donors (Lipinski definition) is 2. The quantitative estimate of drug-likeness (QED) is 0.855. The molecule has 2 aromatic rings. The maximum atomic E-state index is 12.0. The molecule has 2 rings (SSSR count). The van der Waals surface area contributed by atoms with Gasteiger partial charge in [0.15, 0.2) is 0 Å². The molecule has 0 atom stereocenters. The number of halogens is 1. The molecule has 6 heteroatoms. The molecule has 5 nitrogen and oxygen atoms in total. The van der Waals surface area contributed by atoms with Crippen molar-refractivity contribution in [1.82, 2.24) is 4.98 Å². The summed E-state index contributed by atoms with van der Waals surface area (Å²) in [4.78, 5) is 27.0. The largest absolute Gasteiger partial charge is 0.326 e.